The zero-order valence-corrected chi connectivity index (χ0v) is 14.4. The smallest absolute Gasteiger partial charge is 0.258 e. The molecular formula is C15H17Cl2N3OS. The van der Waals surface area contributed by atoms with Crippen molar-refractivity contribution >= 4 is 52.1 Å². The van der Waals surface area contributed by atoms with Crippen LogP contribution in [0.5, 0.6) is 0 Å². The first-order chi connectivity index (χ1) is 10.0. The van der Waals surface area contributed by atoms with E-state index in [0.29, 0.717) is 27.3 Å². The van der Waals surface area contributed by atoms with Gasteiger partial charge in [-0.1, -0.05) is 18.5 Å². The number of carbonyl (C=O) groups excluding carboxylic acids is 1. The SMILES string of the molecule is CC1CCc2nc(NC(=O)c3ccc(N)cc3Cl)sc2C1.Cl. The van der Waals surface area contributed by atoms with Gasteiger partial charge in [-0.2, -0.15) is 0 Å². The Morgan fingerprint density at radius 3 is 3.00 bits per heavy atom. The number of anilines is 2. The van der Waals surface area contributed by atoms with Crippen molar-refractivity contribution in [2.24, 2.45) is 5.92 Å². The highest BCUT2D eigenvalue weighted by atomic mass is 35.5. The first-order valence-electron chi connectivity index (χ1n) is 6.88. The predicted molar refractivity (Wildman–Crippen MR) is 94.4 cm³/mol. The minimum atomic E-state index is -0.251. The van der Waals surface area contributed by atoms with Gasteiger partial charge in [-0.3, -0.25) is 10.1 Å². The average molecular weight is 358 g/mol. The molecule has 0 spiro atoms. The summed E-state index contributed by atoms with van der Waals surface area (Å²) in [5.74, 6) is 0.437. The fraction of sp³-hybridized carbons (Fsp3) is 0.333. The van der Waals surface area contributed by atoms with Gasteiger partial charge < -0.3 is 5.73 Å². The molecular weight excluding hydrogens is 341 g/mol. The van der Waals surface area contributed by atoms with Crippen LogP contribution in [0.4, 0.5) is 10.8 Å². The lowest BCUT2D eigenvalue weighted by Crippen LogP contribution is -2.12. The van der Waals surface area contributed by atoms with Crippen molar-refractivity contribution in [1.29, 1.82) is 0 Å². The van der Waals surface area contributed by atoms with Crippen molar-refractivity contribution in [3.05, 3.63) is 39.4 Å². The zero-order valence-electron chi connectivity index (χ0n) is 12.1. The number of nitrogen functional groups attached to an aromatic ring is 1. The molecule has 1 aromatic carbocycles. The maximum Gasteiger partial charge on any atom is 0.258 e. The van der Waals surface area contributed by atoms with Crippen LogP contribution >= 0.6 is 35.3 Å². The van der Waals surface area contributed by atoms with Crippen LogP contribution in [0.3, 0.4) is 0 Å². The maximum atomic E-state index is 12.3. The molecule has 0 bridgehead atoms. The third-order valence-electron chi connectivity index (χ3n) is 3.64. The molecule has 1 aliphatic rings. The van der Waals surface area contributed by atoms with E-state index in [0.717, 1.165) is 25.0 Å². The van der Waals surface area contributed by atoms with Gasteiger partial charge in [0, 0.05) is 10.6 Å². The lowest BCUT2D eigenvalue weighted by Gasteiger charge is -2.15. The van der Waals surface area contributed by atoms with Gasteiger partial charge in [0.2, 0.25) is 0 Å². The van der Waals surface area contributed by atoms with E-state index in [2.05, 4.69) is 17.2 Å². The lowest BCUT2D eigenvalue weighted by molar-refractivity contribution is 0.102. The average Bonchev–Trinajstić information content (AvgIpc) is 2.79. The molecule has 1 aromatic heterocycles. The second kappa shape index (κ2) is 6.86. The second-order valence-electron chi connectivity index (χ2n) is 5.43. The number of hydrogen-bond donors (Lipinski definition) is 2. The Kier molecular flexibility index (Phi) is 5.32. The van der Waals surface area contributed by atoms with Gasteiger partial charge in [-0.25, -0.2) is 4.98 Å². The van der Waals surface area contributed by atoms with E-state index < -0.39 is 0 Å². The summed E-state index contributed by atoms with van der Waals surface area (Å²) in [6.45, 7) is 2.25. The summed E-state index contributed by atoms with van der Waals surface area (Å²) in [4.78, 5) is 18.1. The predicted octanol–water partition coefficient (Wildman–Crippen LogP) is 4.18. The Bertz CT molecular complexity index is 702. The molecule has 0 aliphatic heterocycles. The van der Waals surface area contributed by atoms with Gasteiger partial charge >= 0.3 is 0 Å². The molecule has 1 unspecified atom stereocenters. The highest BCUT2D eigenvalue weighted by Crippen LogP contribution is 2.32. The monoisotopic (exact) mass is 357 g/mol. The van der Waals surface area contributed by atoms with E-state index in [-0.39, 0.29) is 18.3 Å². The van der Waals surface area contributed by atoms with E-state index in [1.54, 1.807) is 29.5 Å². The van der Waals surface area contributed by atoms with Crippen LogP contribution in [0.1, 0.15) is 34.3 Å². The molecule has 0 radical (unpaired) electrons. The molecule has 7 heteroatoms. The number of benzene rings is 1. The van der Waals surface area contributed by atoms with Crippen LogP contribution < -0.4 is 11.1 Å². The molecule has 0 saturated heterocycles. The first kappa shape index (κ1) is 17.1. The van der Waals surface area contributed by atoms with E-state index in [1.165, 1.54) is 4.88 Å². The topological polar surface area (TPSA) is 68.0 Å². The molecule has 3 N–H and O–H groups in total. The minimum absolute atomic E-state index is 0. The quantitative estimate of drug-likeness (QED) is 0.792. The Balaban J connectivity index is 0.00000176. The number of nitrogens with zero attached hydrogens (tertiary/aromatic N) is 1. The van der Waals surface area contributed by atoms with Crippen LogP contribution in [0, 0.1) is 5.92 Å². The fourth-order valence-electron chi connectivity index (χ4n) is 2.47. The molecule has 1 amide bonds. The molecule has 22 heavy (non-hydrogen) atoms. The number of aryl methyl sites for hydroxylation is 1. The molecule has 0 saturated carbocycles. The third-order valence-corrected chi connectivity index (χ3v) is 4.99. The van der Waals surface area contributed by atoms with E-state index in [1.807, 2.05) is 0 Å². The van der Waals surface area contributed by atoms with Gasteiger partial charge in [0.1, 0.15) is 0 Å². The molecule has 118 valence electrons. The van der Waals surface area contributed by atoms with Gasteiger partial charge in [0.05, 0.1) is 16.3 Å². The second-order valence-corrected chi connectivity index (χ2v) is 6.92. The molecule has 1 atom stereocenters. The number of amides is 1. The number of rotatable bonds is 2. The standard InChI is InChI=1S/C15H16ClN3OS.ClH/c1-8-2-5-12-13(6-8)21-15(18-12)19-14(20)10-4-3-9(17)7-11(10)16;/h3-4,7-8H,2,5-6,17H2,1H3,(H,18,19,20);1H. The van der Waals surface area contributed by atoms with Crippen LogP contribution in [-0.4, -0.2) is 10.9 Å². The third kappa shape index (κ3) is 3.54. The van der Waals surface area contributed by atoms with Crippen molar-refractivity contribution in [2.75, 3.05) is 11.1 Å². The summed E-state index contributed by atoms with van der Waals surface area (Å²) in [6.07, 6.45) is 3.20. The minimum Gasteiger partial charge on any atom is -0.399 e. The molecule has 1 heterocycles. The maximum absolute atomic E-state index is 12.3. The van der Waals surface area contributed by atoms with E-state index in [9.17, 15) is 4.79 Å². The van der Waals surface area contributed by atoms with Gasteiger partial charge in [-0.15, -0.1) is 23.7 Å². The van der Waals surface area contributed by atoms with Gasteiger partial charge in [-0.05, 0) is 43.4 Å². The number of fused-ring (bicyclic) bond motifs is 1. The Labute approximate surface area is 144 Å². The molecule has 4 nitrogen and oxygen atoms in total. The van der Waals surface area contributed by atoms with Crippen molar-refractivity contribution < 1.29 is 4.79 Å². The van der Waals surface area contributed by atoms with Gasteiger partial charge in [0.15, 0.2) is 5.13 Å². The number of nitrogens with one attached hydrogen (secondary N) is 1. The van der Waals surface area contributed by atoms with E-state index in [4.69, 9.17) is 17.3 Å². The lowest BCUT2D eigenvalue weighted by atomic mass is 9.93. The molecule has 1 aliphatic carbocycles. The molecule has 0 fully saturated rings. The largest absolute Gasteiger partial charge is 0.399 e. The van der Waals surface area contributed by atoms with Crippen LogP contribution in [0.15, 0.2) is 18.2 Å². The highest BCUT2D eigenvalue weighted by molar-refractivity contribution is 7.15. The molecule has 3 rings (SSSR count). The van der Waals surface area contributed by atoms with Crippen molar-refractivity contribution in [3.8, 4) is 0 Å². The van der Waals surface area contributed by atoms with E-state index >= 15 is 0 Å². The summed E-state index contributed by atoms with van der Waals surface area (Å²) in [5.41, 5.74) is 7.70. The van der Waals surface area contributed by atoms with Crippen molar-refractivity contribution in [2.45, 2.75) is 26.2 Å². The Morgan fingerprint density at radius 2 is 2.27 bits per heavy atom. The Morgan fingerprint density at radius 1 is 1.50 bits per heavy atom. The number of aromatic nitrogens is 1. The summed E-state index contributed by atoms with van der Waals surface area (Å²) in [7, 11) is 0. The van der Waals surface area contributed by atoms with Crippen LogP contribution in [-0.2, 0) is 12.8 Å². The normalized spacial score (nSPS) is 16.5. The summed E-state index contributed by atoms with van der Waals surface area (Å²) in [5, 5.41) is 3.83. The van der Waals surface area contributed by atoms with Crippen molar-refractivity contribution in [1.82, 2.24) is 4.98 Å². The van der Waals surface area contributed by atoms with Crippen molar-refractivity contribution in [3.63, 3.8) is 0 Å². The first-order valence-corrected chi connectivity index (χ1v) is 8.07. The van der Waals surface area contributed by atoms with Crippen LogP contribution in [0.2, 0.25) is 5.02 Å². The number of carbonyl (C=O) groups is 1. The van der Waals surface area contributed by atoms with Crippen LogP contribution in [0.25, 0.3) is 0 Å². The fourth-order valence-corrected chi connectivity index (χ4v) is 3.91. The Hall–Kier alpha value is -1.30. The number of halogens is 2. The summed E-state index contributed by atoms with van der Waals surface area (Å²) >= 11 is 7.61. The van der Waals surface area contributed by atoms with Gasteiger partial charge in [0.25, 0.3) is 5.91 Å². The highest BCUT2D eigenvalue weighted by Gasteiger charge is 2.21. The zero-order chi connectivity index (χ0) is 15.0. The number of hydrogen-bond acceptors (Lipinski definition) is 4. The number of nitrogens with two attached hydrogens (primary N) is 1. The molecule has 2 aromatic rings. The number of thiazole rings is 1. The summed E-state index contributed by atoms with van der Waals surface area (Å²) in [6, 6.07) is 4.86. The summed E-state index contributed by atoms with van der Waals surface area (Å²) < 4.78 is 0.